The smallest absolute Gasteiger partial charge is 0.128 e. The highest BCUT2D eigenvalue weighted by Crippen LogP contribution is 2.24. The summed E-state index contributed by atoms with van der Waals surface area (Å²) in [6.07, 6.45) is 6.90. The van der Waals surface area contributed by atoms with E-state index in [0.717, 1.165) is 6.42 Å². The maximum absolute atomic E-state index is 10.6. The van der Waals surface area contributed by atoms with Crippen molar-refractivity contribution >= 4 is 5.94 Å². The highest BCUT2D eigenvalue weighted by molar-refractivity contribution is 5.61. The van der Waals surface area contributed by atoms with E-state index in [2.05, 4.69) is 0 Å². The molecule has 0 aromatic carbocycles. The lowest BCUT2D eigenvalue weighted by Gasteiger charge is -2.15. The van der Waals surface area contributed by atoms with Gasteiger partial charge in [0.05, 0.1) is 7.11 Å². The lowest BCUT2D eigenvalue weighted by molar-refractivity contribution is 0.279. The van der Waals surface area contributed by atoms with Crippen LogP contribution < -0.4 is 0 Å². The number of methoxy groups -OCH3 is 1. The van der Waals surface area contributed by atoms with Crippen molar-refractivity contribution in [2.24, 2.45) is 5.92 Å². The van der Waals surface area contributed by atoms with Crippen LogP contribution in [0.3, 0.4) is 0 Å². The van der Waals surface area contributed by atoms with Gasteiger partial charge in [-0.05, 0) is 25.0 Å². The minimum absolute atomic E-state index is 0.0681. The van der Waals surface area contributed by atoms with Gasteiger partial charge in [0, 0.05) is 18.1 Å². The summed E-state index contributed by atoms with van der Waals surface area (Å²) in [5.41, 5.74) is 0.595. The van der Waals surface area contributed by atoms with Crippen LogP contribution in [0.15, 0.2) is 29.6 Å². The Morgan fingerprint density at radius 3 is 3.00 bits per heavy atom. The number of hydrogen-bond donors (Lipinski definition) is 1. The number of carbonyl (C=O) groups excluding carboxylic acids is 1. The Morgan fingerprint density at radius 2 is 2.43 bits per heavy atom. The second kappa shape index (κ2) is 5.43. The Hall–Kier alpha value is -1.31. The molecule has 0 fully saturated rings. The molecule has 0 aromatic rings. The standard InChI is InChI=1S/C11H14O3/c1-14-11-5-4-9(3-2-6-12)10(7-11)8-13/h4-5,7,9,12H,2-3,6H2,1H3. The second-order valence-electron chi connectivity index (χ2n) is 3.14. The quantitative estimate of drug-likeness (QED) is 0.685. The van der Waals surface area contributed by atoms with Crippen LogP contribution in [0.2, 0.25) is 0 Å². The van der Waals surface area contributed by atoms with E-state index in [0.29, 0.717) is 17.8 Å². The summed E-state index contributed by atoms with van der Waals surface area (Å²) < 4.78 is 5.00. The van der Waals surface area contributed by atoms with Crippen LogP contribution in [-0.4, -0.2) is 24.8 Å². The van der Waals surface area contributed by atoms with Gasteiger partial charge in [0.1, 0.15) is 11.7 Å². The first-order chi connectivity index (χ1) is 6.81. The van der Waals surface area contributed by atoms with Gasteiger partial charge in [-0.25, -0.2) is 4.79 Å². The van der Waals surface area contributed by atoms with Crippen molar-refractivity contribution < 1.29 is 14.6 Å². The van der Waals surface area contributed by atoms with Gasteiger partial charge < -0.3 is 9.84 Å². The third kappa shape index (κ3) is 2.59. The van der Waals surface area contributed by atoms with Gasteiger partial charge >= 0.3 is 0 Å². The highest BCUT2D eigenvalue weighted by Gasteiger charge is 2.15. The van der Waals surface area contributed by atoms with Gasteiger partial charge in [-0.2, -0.15) is 0 Å². The summed E-state index contributed by atoms with van der Waals surface area (Å²) in [7, 11) is 1.56. The van der Waals surface area contributed by atoms with E-state index in [-0.39, 0.29) is 12.5 Å². The molecule has 0 bridgehead atoms. The first-order valence-corrected chi connectivity index (χ1v) is 4.61. The Kier molecular flexibility index (Phi) is 4.17. The van der Waals surface area contributed by atoms with E-state index in [1.54, 1.807) is 13.2 Å². The average molecular weight is 194 g/mol. The van der Waals surface area contributed by atoms with Crippen LogP contribution in [0.25, 0.3) is 0 Å². The SMILES string of the molecule is COC1=CC(=C=O)C(CCCO)C=C1. The van der Waals surface area contributed by atoms with Crippen LogP contribution in [0.1, 0.15) is 12.8 Å². The molecular weight excluding hydrogens is 180 g/mol. The number of hydrogen-bond acceptors (Lipinski definition) is 3. The molecule has 0 saturated carbocycles. The van der Waals surface area contributed by atoms with E-state index in [9.17, 15) is 4.79 Å². The zero-order valence-electron chi connectivity index (χ0n) is 8.19. The zero-order chi connectivity index (χ0) is 10.4. The molecule has 1 aliphatic carbocycles. The van der Waals surface area contributed by atoms with Crippen LogP contribution >= 0.6 is 0 Å². The van der Waals surface area contributed by atoms with Crippen molar-refractivity contribution in [2.45, 2.75) is 12.8 Å². The lowest BCUT2D eigenvalue weighted by atomic mass is 9.91. The van der Waals surface area contributed by atoms with Crippen molar-refractivity contribution in [3.63, 3.8) is 0 Å². The molecule has 0 spiro atoms. The molecule has 3 nitrogen and oxygen atoms in total. The number of allylic oxidation sites excluding steroid dienone is 4. The van der Waals surface area contributed by atoms with Gasteiger partial charge in [0.15, 0.2) is 0 Å². The van der Waals surface area contributed by atoms with Crippen LogP contribution in [0.4, 0.5) is 0 Å². The average Bonchev–Trinajstić information content (AvgIpc) is 2.26. The van der Waals surface area contributed by atoms with E-state index in [4.69, 9.17) is 9.84 Å². The molecule has 1 N–H and O–H groups in total. The van der Waals surface area contributed by atoms with Crippen LogP contribution in [-0.2, 0) is 9.53 Å². The monoisotopic (exact) mass is 194 g/mol. The Bertz CT molecular complexity index is 296. The van der Waals surface area contributed by atoms with Gasteiger partial charge in [0.2, 0.25) is 0 Å². The largest absolute Gasteiger partial charge is 0.497 e. The van der Waals surface area contributed by atoms with Gasteiger partial charge in [-0.15, -0.1) is 0 Å². The van der Waals surface area contributed by atoms with Gasteiger partial charge in [0.25, 0.3) is 0 Å². The Labute approximate surface area is 83.4 Å². The van der Waals surface area contributed by atoms with Crippen LogP contribution in [0, 0.1) is 5.92 Å². The molecule has 14 heavy (non-hydrogen) atoms. The first kappa shape index (κ1) is 10.8. The molecule has 0 aromatic heterocycles. The fraction of sp³-hybridized carbons (Fsp3) is 0.455. The van der Waals surface area contributed by atoms with Crippen LogP contribution in [0.5, 0.6) is 0 Å². The molecule has 0 amide bonds. The van der Waals surface area contributed by atoms with Crippen molar-refractivity contribution in [1.29, 1.82) is 0 Å². The predicted molar refractivity (Wildman–Crippen MR) is 53.2 cm³/mol. The topological polar surface area (TPSA) is 46.5 Å². The second-order valence-corrected chi connectivity index (χ2v) is 3.14. The minimum Gasteiger partial charge on any atom is -0.497 e. The third-order valence-corrected chi connectivity index (χ3v) is 2.22. The minimum atomic E-state index is 0.0681. The fourth-order valence-electron chi connectivity index (χ4n) is 1.42. The molecule has 0 aliphatic heterocycles. The van der Waals surface area contributed by atoms with Crippen molar-refractivity contribution in [1.82, 2.24) is 0 Å². The maximum Gasteiger partial charge on any atom is 0.128 e. The molecule has 0 radical (unpaired) electrons. The van der Waals surface area contributed by atoms with Crippen molar-refractivity contribution in [3.05, 3.63) is 29.6 Å². The molecule has 1 aliphatic rings. The molecule has 1 rings (SSSR count). The summed E-state index contributed by atoms with van der Waals surface area (Å²) >= 11 is 0. The summed E-state index contributed by atoms with van der Waals surface area (Å²) in [4.78, 5) is 10.6. The molecule has 1 atom stereocenters. The predicted octanol–water partition coefficient (Wildman–Crippen LogP) is 1.23. The van der Waals surface area contributed by atoms with Crippen molar-refractivity contribution in [3.8, 4) is 0 Å². The van der Waals surface area contributed by atoms with Gasteiger partial charge in [-0.1, -0.05) is 6.08 Å². The fourth-order valence-corrected chi connectivity index (χ4v) is 1.42. The molecule has 0 heterocycles. The van der Waals surface area contributed by atoms with E-state index in [1.165, 1.54) is 0 Å². The molecule has 3 heteroatoms. The molecule has 1 unspecified atom stereocenters. The molecule has 76 valence electrons. The maximum atomic E-state index is 10.6. The summed E-state index contributed by atoms with van der Waals surface area (Å²) in [6, 6.07) is 0. The normalized spacial score (nSPS) is 20.3. The Balaban J connectivity index is 2.69. The van der Waals surface area contributed by atoms with E-state index >= 15 is 0 Å². The highest BCUT2D eigenvalue weighted by atomic mass is 16.5. The number of aliphatic hydroxyl groups excluding tert-OH is 1. The Morgan fingerprint density at radius 1 is 1.64 bits per heavy atom. The number of aliphatic hydroxyl groups is 1. The first-order valence-electron chi connectivity index (χ1n) is 4.61. The summed E-state index contributed by atoms with van der Waals surface area (Å²) in [5.74, 6) is 2.64. The summed E-state index contributed by atoms with van der Waals surface area (Å²) in [5, 5.41) is 8.68. The van der Waals surface area contributed by atoms with E-state index < -0.39 is 0 Å². The lowest BCUT2D eigenvalue weighted by Crippen LogP contribution is -2.06. The third-order valence-electron chi connectivity index (χ3n) is 2.22. The zero-order valence-corrected chi connectivity index (χ0v) is 8.19. The van der Waals surface area contributed by atoms with Crippen molar-refractivity contribution in [2.75, 3.05) is 13.7 Å². The van der Waals surface area contributed by atoms with E-state index in [1.807, 2.05) is 18.1 Å². The molecule has 0 saturated heterocycles. The summed E-state index contributed by atoms with van der Waals surface area (Å²) in [6.45, 7) is 0.150. The number of ether oxygens (including phenoxy) is 1. The number of rotatable bonds is 4. The molecular formula is C11H14O3. The van der Waals surface area contributed by atoms with Gasteiger partial charge in [-0.3, -0.25) is 0 Å².